The lowest BCUT2D eigenvalue weighted by atomic mass is 10.1. The molecule has 1 aromatic heterocycles. The van der Waals surface area contributed by atoms with Gasteiger partial charge in [0.2, 0.25) is 0 Å². The van der Waals surface area contributed by atoms with Gasteiger partial charge in [0.15, 0.2) is 0 Å². The highest BCUT2D eigenvalue weighted by Crippen LogP contribution is 2.20. The molecule has 1 N–H and O–H groups in total. The minimum Gasteiger partial charge on any atom is -0.294 e. The summed E-state index contributed by atoms with van der Waals surface area (Å²) in [6, 6.07) is 8.98. The highest BCUT2D eigenvalue weighted by Gasteiger charge is 2.15. The highest BCUT2D eigenvalue weighted by molar-refractivity contribution is 9.10. The van der Waals surface area contributed by atoms with E-state index in [1.807, 2.05) is 13.8 Å². The van der Waals surface area contributed by atoms with Crippen molar-refractivity contribution in [1.82, 2.24) is 9.78 Å². The summed E-state index contributed by atoms with van der Waals surface area (Å²) in [4.78, 5) is 12.1. The number of benzene rings is 1. The van der Waals surface area contributed by atoms with Crippen LogP contribution in [-0.4, -0.2) is 9.78 Å². The van der Waals surface area contributed by atoms with Gasteiger partial charge in [0.25, 0.3) is 5.56 Å². The molecule has 1 heterocycles. The fourth-order valence-corrected chi connectivity index (χ4v) is 2.44. The molecule has 4 nitrogen and oxygen atoms in total. The molecule has 0 amide bonds. The molecule has 0 aliphatic heterocycles. The van der Waals surface area contributed by atoms with E-state index in [4.69, 9.17) is 5.26 Å². The van der Waals surface area contributed by atoms with Crippen molar-refractivity contribution in [3.8, 4) is 11.8 Å². The van der Waals surface area contributed by atoms with E-state index < -0.39 is 0 Å². The number of hydrogen-bond donors (Lipinski definition) is 1. The summed E-state index contributed by atoms with van der Waals surface area (Å²) in [5, 5.41) is 11.9. The monoisotopic (exact) mass is 305 g/mol. The molecule has 0 saturated carbocycles. The Hall–Kier alpha value is -1.80. The third kappa shape index (κ3) is 2.12. The van der Waals surface area contributed by atoms with Crippen molar-refractivity contribution in [2.45, 2.75) is 19.8 Å². The van der Waals surface area contributed by atoms with Crippen LogP contribution in [0.25, 0.3) is 5.69 Å². The maximum Gasteiger partial charge on any atom is 0.285 e. The second kappa shape index (κ2) is 4.83. The second-order valence-electron chi connectivity index (χ2n) is 4.30. The third-order valence-corrected chi connectivity index (χ3v) is 3.44. The van der Waals surface area contributed by atoms with Gasteiger partial charge >= 0.3 is 0 Å². The zero-order chi connectivity index (χ0) is 13.3. The Morgan fingerprint density at radius 1 is 1.44 bits per heavy atom. The first-order valence-corrected chi connectivity index (χ1v) is 6.35. The van der Waals surface area contributed by atoms with Crippen LogP contribution < -0.4 is 5.56 Å². The van der Waals surface area contributed by atoms with E-state index in [0.29, 0.717) is 15.7 Å². The summed E-state index contributed by atoms with van der Waals surface area (Å²) in [5.41, 5.74) is 1.89. The van der Waals surface area contributed by atoms with Crippen LogP contribution in [0.3, 0.4) is 0 Å². The molecule has 0 aliphatic carbocycles. The normalized spacial score (nSPS) is 10.6. The quantitative estimate of drug-likeness (QED) is 0.927. The summed E-state index contributed by atoms with van der Waals surface area (Å²) >= 11 is 3.30. The molecule has 0 saturated heterocycles. The van der Waals surface area contributed by atoms with Crippen LogP contribution in [-0.2, 0) is 0 Å². The lowest BCUT2D eigenvalue weighted by molar-refractivity contribution is 0.759. The average molecular weight is 306 g/mol. The summed E-state index contributed by atoms with van der Waals surface area (Å²) in [6.45, 7) is 4.01. The van der Waals surface area contributed by atoms with Crippen LogP contribution in [0.15, 0.2) is 33.5 Å². The molecule has 0 radical (unpaired) electrons. The van der Waals surface area contributed by atoms with Crippen molar-refractivity contribution in [2.75, 3.05) is 0 Å². The Morgan fingerprint density at radius 2 is 2.17 bits per heavy atom. The molecule has 0 unspecified atom stereocenters. The van der Waals surface area contributed by atoms with Crippen LogP contribution in [0.2, 0.25) is 0 Å². The number of aromatic nitrogens is 2. The van der Waals surface area contributed by atoms with Crippen molar-refractivity contribution >= 4 is 15.9 Å². The van der Waals surface area contributed by atoms with Crippen molar-refractivity contribution in [3.05, 3.63) is 50.3 Å². The van der Waals surface area contributed by atoms with Crippen LogP contribution in [0.1, 0.15) is 31.0 Å². The van der Waals surface area contributed by atoms with Crippen molar-refractivity contribution in [3.63, 3.8) is 0 Å². The fraction of sp³-hybridized carbons (Fsp3) is 0.231. The highest BCUT2D eigenvalue weighted by atomic mass is 79.9. The fourth-order valence-electron chi connectivity index (χ4n) is 1.71. The zero-order valence-corrected chi connectivity index (χ0v) is 11.7. The molecule has 2 aromatic rings. The van der Waals surface area contributed by atoms with Gasteiger partial charge in [0, 0.05) is 0 Å². The summed E-state index contributed by atoms with van der Waals surface area (Å²) in [7, 11) is 0. The Balaban J connectivity index is 2.62. The van der Waals surface area contributed by atoms with Crippen LogP contribution in [0, 0.1) is 11.3 Å². The lowest BCUT2D eigenvalue weighted by Crippen LogP contribution is -2.14. The molecule has 0 fully saturated rings. The predicted molar refractivity (Wildman–Crippen MR) is 72.9 cm³/mol. The number of hydrogen-bond acceptors (Lipinski definition) is 2. The van der Waals surface area contributed by atoms with E-state index in [2.05, 4.69) is 27.1 Å². The standard InChI is InChI=1S/C13H12BrN3O/c1-8(2)12-11(14)13(18)17(16-12)10-5-3-4-9(6-10)7-15/h3-6,8,16H,1-2H3. The van der Waals surface area contributed by atoms with Gasteiger partial charge in [-0.15, -0.1) is 0 Å². The van der Waals surface area contributed by atoms with Crippen molar-refractivity contribution in [1.29, 1.82) is 5.26 Å². The molecular weight excluding hydrogens is 294 g/mol. The second-order valence-corrected chi connectivity index (χ2v) is 5.09. The summed E-state index contributed by atoms with van der Waals surface area (Å²) < 4.78 is 1.99. The molecule has 2 rings (SSSR count). The molecule has 18 heavy (non-hydrogen) atoms. The Labute approximate surface area is 113 Å². The van der Waals surface area contributed by atoms with Gasteiger partial charge in [-0.25, -0.2) is 4.68 Å². The number of nitrogens with zero attached hydrogens (tertiary/aromatic N) is 2. The Bertz CT molecular complexity index is 676. The minimum atomic E-state index is -0.145. The predicted octanol–water partition coefficient (Wildman–Crippen LogP) is 2.92. The van der Waals surface area contributed by atoms with Gasteiger partial charge in [-0.1, -0.05) is 19.9 Å². The van der Waals surface area contributed by atoms with Crippen molar-refractivity contribution < 1.29 is 0 Å². The third-order valence-electron chi connectivity index (χ3n) is 2.67. The van der Waals surface area contributed by atoms with Crippen molar-refractivity contribution in [2.24, 2.45) is 0 Å². The molecule has 0 atom stereocenters. The number of rotatable bonds is 2. The summed E-state index contributed by atoms with van der Waals surface area (Å²) in [6.07, 6.45) is 0. The number of H-pyrrole nitrogens is 1. The topological polar surface area (TPSA) is 61.6 Å². The van der Waals surface area contributed by atoms with Gasteiger partial charge in [-0.3, -0.25) is 9.89 Å². The van der Waals surface area contributed by atoms with E-state index in [9.17, 15) is 4.79 Å². The van der Waals surface area contributed by atoms with E-state index in [-0.39, 0.29) is 11.5 Å². The Morgan fingerprint density at radius 3 is 2.72 bits per heavy atom. The van der Waals surface area contributed by atoms with Gasteiger partial charge < -0.3 is 0 Å². The first-order valence-electron chi connectivity index (χ1n) is 5.55. The Kier molecular flexibility index (Phi) is 3.39. The average Bonchev–Trinajstić information content (AvgIpc) is 2.67. The number of nitrogens with one attached hydrogen (secondary N) is 1. The number of nitriles is 1. The van der Waals surface area contributed by atoms with Gasteiger partial charge in [0.05, 0.1) is 23.0 Å². The van der Waals surface area contributed by atoms with Gasteiger partial charge in [-0.2, -0.15) is 5.26 Å². The summed E-state index contributed by atoms with van der Waals surface area (Å²) in [5.74, 6) is 0.215. The van der Waals surface area contributed by atoms with Crippen LogP contribution >= 0.6 is 15.9 Å². The SMILES string of the molecule is CC(C)c1[nH]n(-c2cccc(C#N)c2)c(=O)c1Br. The maximum atomic E-state index is 12.1. The molecule has 92 valence electrons. The smallest absolute Gasteiger partial charge is 0.285 e. The van der Waals surface area contributed by atoms with E-state index in [1.165, 1.54) is 4.68 Å². The van der Waals surface area contributed by atoms with Gasteiger partial charge in [0.1, 0.15) is 4.47 Å². The van der Waals surface area contributed by atoms with Crippen LogP contribution in [0.4, 0.5) is 0 Å². The van der Waals surface area contributed by atoms with Gasteiger partial charge in [-0.05, 0) is 40.0 Å². The van der Waals surface area contributed by atoms with E-state index in [0.717, 1.165) is 5.69 Å². The first kappa shape index (κ1) is 12.7. The molecule has 0 spiro atoms. The molecule has 0 bridgehead atoms. The number of aromatic amines is 1. The number of halogens is 1. The first-order chi connectivity index (χ1) is 8.54. The molecular formula is C13H12BrN3O. The molecule has 5 heteroatoms. The van der Waals surface area contributed by atoms with Crippen LogP contribution in [0.5, 0.6) is 0 Å². The minimum absolute atomic E-state index is 0.145. The molecule has 0 aliphatic rings. The largest absolute Gasteiger partial charge is 0.294 e. The lowest BCUT2D eigenvalue weighted by Gasteiger charge is -2.03. The molecule has 1 aromatic carbocycles. The van der Waals surface area contributed by atoms with E-state index in [1.54, 1.807) is 24.3 Å². The van der Waals surface area contributed by atoms with E-state index >= 15 is 0 Å². The maximum absolute atomic E-state index is 12.1. The zero-order valence-electron chi connectivity index (χ0n) is 10.1.